The van der Waals surface area contributed by atoms with Crippen LogP contribution in [0.3, 0.4) is 0 Å². The van der Waals surface area contributed by atoms with E-state index in [4.69, 9.17) is 39.5 Å². The van der Waals surface area contributed by atoms with Crippen molar-refractivity contribution in [2.75, 3.05) is 5.32 Å². The lowest BCUT2D eigenvalue weighted by Gasteiger charge is -2.14. The van der Waals surface area contributed by atoms with E-state index in [1.165, 1.54) is 31.3 Å². The van der Waals surface area contributed by atoms with E-state index >= 15 is 0 Å². The second-order valence-electron chi connectivity index (χ2n) is 4.53. The minimum atomic E-state index is -1.01. The van der Waals surface area contributed by atoms with E-state index in [1.54, 1.807) is 12.1 Å². The van der Waals surface area contributed by atoms with Gasteiger partial charge in [0.05, 0.1) is 15.6 Å². The standard InChI is InChI=1S/C15H11Cl3N2O3/c1-8(23-15(22)9-4-5-19-13(18)6-9)14(21)20-10-2-3-11(16)12(17)7-10/h2-8H,1H3,(H,20,21). The minimum Gasteiger partial charge on any atom is -0.449 e. The quantitative estimate of drug-likeness (QED) is 0.643. The molecule has 0 aliphatic heterocycles. The highest BCUT2D eigenvalue weighted by Crippen LogP contribution is 2.25. The fraction of sp³-hybridized carbons (Fsp3) is 0.133. The van der Waals surface area contributed by atoms with Gasteiger partial charge in [-0.3, -0.25) is 4.79 Å². The molecule has 0 bridgehead atoms. The Labute approximate surface area is 147 Å². The van der Waals surface area contributed by atoms with Crippen molar-refractivity contribution in [3.05, 3.63) is 57.3 Å². The number of ether oxygens (including phenoxy) is 1. The van der Waals surface area contributed by atoms with Crippen LogP contribution in [0.15, 0.2) is 36.5 Å². The summed E-state index contributed by atoms with van der Waals surface area (Å²) in [5.74, 6) is -1.18. The Bertz CT molecular complexity index is 752. The number of halogens is 3. The first kappa shape index (κ1) is 17.5. The largest absolute Gasteiger partial charge is 0.449 e. The van der Waals surface area contributed by atoms with Gasteiger partial charge in [0.2, 0.25) is 0 Å². The lowest BCUT2D eigenvalue weighted by Crippen LogP contribution is -2.30. The van der Waals surface area contributed by atoms with E-state index < -0.39 is 18.0 Å². The van der Waals surface area contributed by atoms with Crippen molar-refractivity contribution < 1.29 is 14.3 Å². The summed E-state index contributed by atoms with van der Waals surface area (Å²) in [5, 5.41) is 3.42. The van der Waals surface area contributed by atoms with Crippen LogP contribution in [0.5, 0.6) is 0 Å². The maximum absolute atomic E-state index is 12.0. The molecule has 1 heterocycles. The van der Waals surface area contributed by atoms with Crippen molar-refractivity contribution in [1.29, 1.82) is 0 Å². The molecule has 0 aliphatic rings. The normalized spacial score (nSPS) is 11.7. The van der Waals surface area contributed by atoms with Gasteiger partial charge in [-0.05, 0) is 37.3 Å². The Balaban J connectivity index is 1.99. The van der Waals surface area contributed by atoms with Crippen LogP contribution in [-0.4, -0.2) is 23.0 Å². The van der Waals surface area contributed by atoms with Crippen molar-refractivity contribution >= 4 is 52.4 Å². The number of hydrogen-bond donors (Lipinski definition) is 1. The maximum Gasteiger partial charge on any atom is 0.339 e. The van der Waals surface area contributed by atoms with Crippen molar-refractivity contribution in [3.63, 3.8) is 0 Å². The number of nitrogens with one attached hydrogen (secondary N) is 1. The average Bonchev–Trinajstić information content (AvgIpc) is 2.50. The second kappa shape index (κ2) is 7.64. The number of anilines is 1. The summed E-state index contributed by atoms with van der Waals surface area (Å²) in [6, 6.07) is 7.43. The molecule has 0 spiro atoms. The monoisotopic (exact) mass is 372 g/mol. The highest BCUT2D eigenvalue weighted by molar-refractivity contribution is 6.42. The molecule has 0 saturated carbocycles. The molecule has 1 atom stereocenters. The Hall–Kier alpha value is -1.82. The predicted molar refractivity (Wildman–Crippen MR) is 89.2 cm³/mol. The predicted octanol–water partition coefficient (Wildman–Crippen LogP) is 4.23. The van der Waals surface area contributed by atoms with Crippen LogP contribution in [0.2, 0.25) is 15.2 Å². The number of esters is 1. The Morgan fingerprint density at radius 3 is 2.52 bits per heavy atom. The molecular weight excluding hydrogens is 363 g/mol. The van der Waals surface area contributed by atoms with Gasteiger partial charge in [-0.2, -0.15) is 0 Å². The van der Waals surface area contributed by atoms with Crippen molar-refractivity contribution in [2.24, 2.45) is 0 Å². The zero-order valence-electron chi connectivity index (χ0n) is 11.8. The first-order valence-corrected chi connectivity index (χ1v) is 7.58. The Morgan fingerprint density at radius 2 is 1.87 bits per heavy atom. The summed E-state index contributed by atoms with van der Waals surface area (Å²) in [5.41, 5.74) is 0.651. The molecule has 0 saturated heterocycles. The summed E-state index contributed by atoms with van der Waals surface area (Å²) in [4.78, 5) is 27.7. The third-order valence-electron chi connectivity index (χ3n) is 2.80. The number of benzene rings is 1. The molecule has 1 N–H and O–H groups in total. The number of aromatic nitrogens is 1. The van der Waals surface area contributed by atoms with Gasteiger partial charge in [-0.25, -0.2) is 9.78 Å². The molecule has 1 aromatic heterocycles. The number of carbonyl (C=O) groups is 2. The summed E-state index contributed by atoms with van der Waals surface area (Å²) in [7, 11) is 0. The molecule has 0 fully saturated rings. The molecule has 5 nitrogen and oxygen atoms in total. The molecular formula is C15H11Cl3N2O3. The first-order chi connectivity index (χ1) is 10.9. The van der Waals surface area contributed by atoms with Crippen LogP contribution in [0.1, 0.15) is 17.3 Å². The fourth-order valence-corrected chi connectivity index (χ4v) is 2.10. The summed E-state index contributed by atoms with van der Waals surface area (Å²) in [6.07, 6.45) is 0.364. The highest BCUT2D eigenvalue weighted by Gasteiger charge is 2.19. The number of amides is 1. The minimum absolute atomic E-state index is 0.160. The van der Waals surface area contributed by atoms with Gasteiger partial charge in [0.25, 0.3) is 5.91 Å². The molecule has 1 aromatic carbocycles. The van der Waals surface area contributed by atoms with E-state index in [9.17, 15) is 9.59 Å². The van der Waals surface area contributed by atoms with Crippen LogP contribution in [0.25, 0.3) is 0 Å². The van der Waals surface area contributed by atoms with Crippen LogP contribution in [0.4, 0.5) is 5.69 Å². The Morgan fingerprint density at radius 1 is 1.13 bits per heavy atom. The van der Waals surface area contributed by atoms with E-state index in [-0.39, 0.29) is 10.7 Å². The number of carbonyl (C=O) groups excluding carboxylic acids is 2. The van der Waals surface area contributed by atoms with E-state index in [0.29, 0.717) is 15.7 Å². The molecule has 2 aromatic rings. The van der Waals surface area contributed by atoms with Crippen LogP contribution >= 0.6 is 34.8 Å². The van der Waals surface area contributed by atoms with Crippen molar-refractivity contribution in [3.8, 4) is 0 Å². The molecule has 1 unspecified atom stereocenters. The zero-order chi connectivity index (χ0) is 17.0. The molecule has 0 radical (unpaired) electrons. The average molecular weight is 374 g/mol. The highest BCUT2D eigenvalue weighted by atomic mass is 35.5. The van der Waals surface area contributed by atoms with Crippen LogP contribution < -0.4 is 5.32 Å². The summed E-state index contributed by atoms with van der Waals surface area (Å²) >= 11 is 17.4. The molecule has 120 valence electrons. The van der Waals surface area contributed by atoms with E-state index in [2.05, 4.69) is 10.3 Å². The molecule has 23 heavy (non-hydrogen) atoms. The second-order valence-corrected chi connectivity index (χ2v) is 5.73. The number of pyridine rings is 1. The molecule has 0 aliphatic carbocycles. The van der Waals surface area contributed by atoms with Crippen molar-refractivity contribution in [2.45, 2.75) is 13.0 Å². The smallest absolute Gasteiger partial charge is 0.339 e. The van der Waals surface area contributed by atoms with Crippen LogP contribution in [0, 0.1) is 0 Å². The maximum atomic E-state index is 12.0. The fourth-order valence-electron chi connectivity index (χ4n) is 1.63. The van der Waals surface area contributed by atoms with Gasteiger partial charge >= 0.3 is 5.97 Å². The van der Waals surface area contributed by atoms with Gasteiger partial charge < -0.3 is 10.1 Å². The third-order valence-corrected chi connectivity index (χ3v) is 3.75. The topological polar surface area (TPSA) is 68.3 Å². The van der Waals surface area contributed by atoms with E-state index in [1.807, 2.05) is 0 Å². The lowest BCUT2D eigenvalue weighted by atomic mass is 10.2. The van der Waals surface area contributed by atoms with Gasteiger partial charge in [-0.15, -0.1) is 0 Å². The molecule has 2 rings (SSSR count). The number of hydrogen-bond acceptors (Lipinski definition) is 4. The number of nitrogens with zero attached hydrogens (tertiary/aromatic N) is 1. The van der Waals surface area contributed by atoms with Crippen molar-refractivity contribution in [1.82, 2.24) is 4.98 Å². The van der Waals surface area contributed by atoms with Crippen LogP contribution in [-0.2, 0) is 9.53 Å². The SMILES string of the molecule is CC(OC(=O)c1ccnc(Cl)c1)C(=O)Nc1ccc(Cl)c(Cl)c1. The van der Waals surface area contributed by atoms with Gasteiger partial charge in [-0.1, -0.05) is 34.8 Å². The summed E-state index contributed by atoms with van der Waals surface area (Å²) < 4.78 is 5.08. The Kier molecular flexibility index (Phi) is 5.82. The van der Waals surface area contributed by atoms with Gasteiger partial charge in [0.1, 0.15) is 5.15 Å². The number of rotatable bonds is 4. The third kappa shape index (κ3) is 4.82. The molecule has 8 heteroatoms. The molecule has 1 amide bonds. The first-order valence-electron chi connectivity index (χ1n) is 6.45. The lowest BCUT2D eigenvalue weighted by molar-refractivity contribution is -0.123. The zero-order valence-corrected chi connectivity index (χ0v) is 14.1. The van der Waals surface area contributed by atoms with Gasteiger partial charge in [0, 0.05) is 11.9 Å². The van der Waals surface area contributed by atoms with Gasteiger partial charge in [0.15, 0.2) is 6.10 Å². The van der Waals surface area contributed by atoms with E-state index in [0.717, 1.165) is 0 Å². The summed E-state index contributed by atoms with van der Waals surface area (Å²) in [6.45, 7) is 1.45.